The molecule has 3 rings (SSSR count). The number of nitrogens with zero attached hydrogens (tertiary/aromatic N) is 3. The van der Waals surface area contributed by atoms with Crippen LogP contribution in [0, 0.1) is 0 Å². The average Bonchev–Trinajstić information content (AvgIpc) is 2.96. The van der Waals surface area contributed by atoms with Gasteiger partial charge in [0, 0.05) is 13.1 Å². The number of hydrogen-bond acceptors (Lipinski definition) is 6. The molecule has 0 unspecified atom stereocenters. The molecule has 0 aliphatic carbocycles. The Labute approximate surface area is 124 Å². The van der Waals surface area contributed by atoms with Crippen molar-refractivity contribution in [3.8, 4) is 11.7 Å². The third-order valence-corrected chi connectivity index (χ3v) is 3.79. The fourth-order valence-corrected chi connectivity index (χ4v) is 2.87. The molecule has 2 aromatic heterocycles. The summed E-state index contributed by atoms with van der Waals surface area (Å²) in [6, 6.07) is 3.55. The summed E-state index contributed by atoms with van der Waals surface area (Å²) in [6.45, 7) is 3.95. The van der Waals surface area contributed by atoms with E-state index in [0.29, 0.717) is 41.8 Å². The average molecular weight is 342 g/mol. The molecule has 1 aliphatic heterocycles. The quantitative estimate of drug-likeness (QED) is 0.900. The lowest BCUT2D eigenvalue weighted by atomic mass is 9.89. The zero-order valence-corrected chi connectivity index (χ0v) is 12.8. The van der Waals surface area contributed by atoms with Crippen molar-refractivity contribution in [1.82, 2.24) is 15.1 Å². The van der Waals surface area contributed by atoms with E-state index in [0.717, 1.165) is 12.8 Å². The van der Waals surface area contributed by atoms with E-state index in [1.54, 1.807) is 12.1 Å². The Balaban J connectivity index is 1.59. The summed E-state index contributed by atoms with van der Waals surface area (Å²) in [6.07, 6.45) is 1.82. The highest BCUT2D eigenvalue weighted by molar-refractivity contribution is 9.10. The van der Waals surface area contributed by atoms with Gasteiger partial charge in [0.2, 0.25) is 5.89 Å². The van der Waals surface area contributed by atoms with Crippen LogP contribution in [0.1, 0.15) is 25.7 Å². The molecule has 7 heteroatoms. The standard InChI is InChI=1S/C13H16BrN3O3/c1-2-5-13(18)7-17(8-13)6-11-15-16-12(20-11)9-3-4-10(14)19-9/h3-4,18H,2,5-8H2,1H3. The minimum atomic E-state index is -0.538. The van der Waals surface area contributed by atoms with E-state index in [-0.39, 0.29) is 0 Å². The summed E-state index contributed by atoms with van der Waals surface area (Å²) < 4.78 is 11.5. The first kappa shape index (κ1) is 13.8. The van der Waals surface area contributed by atoms with Crippen molar-refractivity contribution in [2.75, 3.05) is 13.1 Å². The molecule has 6 nitrogen and oxygen atoms in total. The molecule has 0 aromatic carbocycles. The van der Waals surface area contributed by atoms with Gasteiger partial charge in [-0.3, -0.25) is 4.90 Å². The predicted octanol–water partition coefficient (Wildman–Crippen LogP) is 2.44. The molecule has 3 heterocycles. The van der Waals surface area contributed by atoms with Gasteiger partial charge in [0.1, 0.15) is 0 Å². The zero-order chi connectivity index (χ0) is 14.2. The van der Waals surface area contributed by atoms with E-state index in [1.165, 1.54) is 0 Å². The monoisotopic (exact) mass is 341 g/mol. The van der Waals surface area contributed by atoms with Gasteiger partial charge in [0.25, 0.3) is 5.89 Å². The molecule has 20 heavy (non-hydrogen) atoms. The first-order valence-electron chi connectivity index (χ1n) is 6.61. The lowest BCUT2D eigenvalue weighted by molar-refractivity contribution is -0.109. The van der Waals surface area contributed by atoms with Crippen LogP contribution in [0.5, 0.6) is 0 Å². The van der Waals surface area contributed by atoms with Gasteiger partial charge in [-0.1, -0.05) is 13.3 Å². The predicted molar refractivity (Wildman–Crippen MR) is 74.8 cm³/mol. The molecule has 108 valence electrons. The summed E-state index contributed by atoms with van der Waals surface area (Å²) in [7, 11) is 0. The first-order valence-corrected chi connectivity index (χ1v) is 7.40. The van der Waals surface area contributed by atoms with E-state index < -0.39 is 5.60 Å². The summed E-state index contributed by atoms with van der Waals surface area (Å²) in [5.74, 6) is 1.45. The van der Waals surface area contributed by atoms with Crippen LogP contribution < -0.4 is 0 Å². The molecule has 0 radical (unpaired) electrons. The van der Waals surface area contributed by atoms with Crippen LogP contribution in [-0.4, -0.2) is 38.9 Å². The van der Waals surface area contributed by atoms with Gasteiger partial charge in [-0.05, 0) is 34.5 Å². The van der Waals surface area contributed by atoms with Crippen LogP contribution in [0.2, 0.25) is 0 Å². The summed E-state index contributed by atoms with van der Waals surface area (Å²) >= 11 is 3.23. The van der Waals surface area contributed by atoms with Gasteiger partial charge in [-0.25, -0.2) is 0 Å². The van der Waals surface area contributed by atoms with Gasteiger partial charge in [0.05, 0.1) is 12.1 Å². The van der Waals surface area contributed by atoms with E-state index in [9.17, 15) is 5.11 Å². The Morgan fingerprint density at radius 2 is 2.15 bits per heavy atom. The zero-order valence-electron chi connectivity index (χ0n) is 11.2. The van der Waals surface area contributed by atoms with E-state index in [2.05, 4.69) is 38.0 Å². The molecule has 0 atom stereocenters. The van der Waals surface area contributed by atoms with Gasteiger partial charge >= 0.3 is 0 Å². The highest BCUT2D eigenvalue weighted by atomic mass is 79.9. The minimum Gasteiger partial charge on any atom is -0.444 e. The van der Waals surface area contributed by atoms with Crippen LogP contribution in [0.25, 0.3) is 11.7 Å². The number of likely N-dealkylation sites (tertiary alicyclic amines) is 1. The summed E-state index contributed by atoms with van der Waals surface area (Å²) in [5, 5.41) is 18.1. The fourth-order valence-electron chi connectivity index (χ4n) is 2.56. The largest absolute Gasteiger partial charge is 0.444 e. The lowest BCUT2D eigenvalue weighted by Crippen LogP contribution is -2.60. The van der Waals surface area contributed by atoms with Crippen molar-refractivity contribution in [3.05, 3.63) is 22.7 Å². The lowest BCUT2D eigenvalue weighted by Gasteiger charge is -2.46. The molecule has 0 amide bonds. The maximum atomic E-state index is 10.1. The van der Waals surface area contributed by atoms with Crippen LogP contribution in [0.4, 0.5) is 0 Å². The van der Waals surface area contributed by atoms with Crippen LogP contribution in [0.3, 0.4) is 0 Å². The van der Waals surface area contributed by atoms with Gasteiger partial charge in [0.15, 0.2) is 10.4 Å². The Morgan fingerprint density at radius 1 is 1.35 bits per heavy atom. The summed E-state index contributed by atoms with van der Waals surface area (Å²) in [5.41, 5.74) is -0.538. The first-order chi connectivity index (χ1) is 9.58. The van der Waals surface area contributed by atoms with Crippen molar-refractivity contribution in [1.29, 1.82) is 0 Å². The van der Waals surface area contributed by atoms with E-state index in [1.807, 2.05) is 0 Å². The van der Waals surface area contributed by atoms with E-state index >= 15 is 0 Å². The maximum absolute atomic E-state index is 10.1. The Hall–Kier alpha value is -1.18. The maximum Gasteiger partial charge on any atom is 0.283 e. The Kier molecular flexibility index (Phi) is 3.66. The van der Waals surface area contributed by atoms with Crippen molar-refractivity contribution < 1.29 is 13.9 Å². The molecule has 1 aliphatic rings. The molecule has 1 fully saturated rings. The van der Waals surface area contributed by atoms with Crippen molar-refractivity contribution in [2.24, 2.45) is 0 Å². The number of aromatic nitrogens is 2. The molecule has 1 N–H and O–H groups in total. The smallest absolute Gasteiger partial charge is 0.283 e. The highest BCUT2D eigenvalue weighted by Gasteiger charge is 2.40. The van der Waals surface area contributed by atoms with Gasteiger partial charge in [-0.2, -0.15) is 0 Å². The normalized spacial score (nSPS) is 18.1. The third-order valence-electron chi connectivity index (χ3n) is 3.36. The molecule has 0 saturated carbocycles. The third kappa shape index (κ3) is 2.79. The van der Waals surface area contributed by atoms with Gasteiger partial charge < -0.3 is 13.9 Å². The van der Waals surface area contributed by atoms with Crippen molar-refractivity contribution in [3.63, 3.8) is 0 Å². The summed E-state index contributed by atoms with van der Waals surface area (Å²) in [4.78, 5) is 2.09. The second-order valence-corrected chi connectivity index (χ2v) is 6.01. The number of aliphatic hydroxyl groups is 1. The molecule has 1 saturated heterocycles. The van der Waals surface area contributed by atoms with Crippen molar-refractivity contribution >= 4 is 15.9 Å². The molecular weight excluding hydrogens is 326 g/mol. The fraction of sp³-hybridized carbons (Fsp3) is 0.538. The minimum absolute atomic E-state index is 0.370. The SMILES string of the molecule is CCCC1(O)CN(Cc2nnc(-c3ccc(Br)o3)o2)C1. The Bertz CT molecular complexity index is 589. The number of β-amino-alcohol motifs (C(OH)–C–C–N with tert-alkyl or cyclic N) is 1. The number of hydrogen-bond donors (Lipinski definition) is 1. The number of rotatable bonds is 5. The van der Waals surface area contributed by atoms with Crippen LogP contribution in [0.15, 0.2) is 25.6 Å². The van der Waals surface area contributed by atoms with Crippen LogP contribution >= 0.6 is 15.9 Å². The molecule has 2 aromatic rings. The van der Waals surface area contributed by atoms with Crippen LogP contribution in [-0.2, 0) is 6.54 Å². The number of halogens is 1. The second kappa shape index (κ2) is 5.31. The number of furan rings is 1. The second-order valence-electron chi connectivity index (χ2n) is 5.22. The Morgan fingerprint density at radius 3 is 2.80 bits per heavy atom. The van der Waals surface area contributed by atoms with Gasteiger partial charge in [-0.15, -0.1) is 10.2 Å². The molecular formula is C13H16BrN3O3. The molecule has 0 bridgehead atoms. The highest BCUT2D eigenvalue weighted by Crippen LogP contribution is 2.28. The van der Waals surface area contributed by atoms with Crippen molar-refractivity contribution in [2.45, 2.75) is 31.9 Å². The van der Waals surface area contributed by atoms with E-state index in [4.69, 9.17) is 8.83 Å². The molecule has 0 spiro atoms. The topological polar surface area (TPSA) is 75.5 Å².